The van der Waals surface area contributed by atoms with Crippen LogP contribution in [-0.2, 0) is 18.0 Å². The van der Waals surface area contributed by atoms with E-state index >= 15 is 0 Å². The first-order valence-corrected chi connectivity index (χ1v) is 5.93. The number of benzene rings is 2. The largest absolute Gasteiger partial charge is 0.497 e. The van der Waals surface area contributed by atoms with Crippen LogP contribution in [0.15, 0.2) is 42.5 Å². The van der Waals surface area contributed by atoms with Crippen LogP contribution in [-0.4, -0.2) is 7.11 Å². The molecule has 0 radical (unpaired) electrons. The maximum Gasteiger partial charge on any atom is 0.125 e. The van der Waals surface area contributed by atoms with E-state index < -0.39 is 0 Å². The number of rotatable bonds is 5. The van der Waals surface area contributed by atoms with Gasteiger partial charge < -0.3 is 15.2 Å². The lowest BCUT2D eigenvalue weighted by Crippen LogP contribution is -1.99. The van der Waals surface area contributed by atoms with Gasteiger partial charge in [-0.3, -0.25) is 0 Å². The van der Waals surface area contributed by atoms with Crippen molar-refractivity contribution in [2.45, 2.75) is 13.2 Å². The molecule has 0 fully saturated rings. The summed E-state index contributed by atoms with van der Waals surface area (Å²) >= 11 is 0. The lowest BCUT2D eigenvalue weighted by atomic mass is 10.2. The quantitative estimate of drug-likeness (QED) is 0.841. The van der Waals surface area contributed by atoms with Gasteiger partial charge in [-0.1, -0.05) is 18.2 Å². The monoisotopic (exact) mass is 261 g/mol. The molecule has 0 bridgehead atoms. The number of nitrogens with two attached hydrogens (primary N) is 1. The number of hydrogen-bond acceptors (Lipinski definition) is 3. The van der Waals surface area contributed by atoms with Crippen LogP contribution >= 0.6 is 0 Å². The zero-order valence-electron chi connectivity index (χ0n) is 10.7. The van der Waals surface area contributed by atoms with Crippen molar-refractivity contribution >= 4 is 5.69 Å². The molecule has 4 heteroatoms. The van der Waals surface area contributed by atoms with E-state index in [1.54, 1.807) is 13.2 Å². The Bertz CT molecular complexity index is 540. The third-order valence-electron chi connectivity index (χ3n) is 2.79. The zero-order chi connectivity index (χ0) is 13.7. The van der Waals surface area contributed by atoms with Crippen LogP contribution in [0.1, 0.15) is 11.1 Å². The molecule has 3 nitrogen and oxygen atoms in total. The normalized spacial score (nSPS) is 10.4. The summed E-state index contributed by atoms with van der Waals surface area (Å²) in [4.78, 5) is 0. The molecule has 0 aliphatic carbocycles. The number of halogens is 1. The number of nitrogen functional groups attached to an aromatic ring is 1. The zero-order valence-corrected chi connectivity index (χ0v) is 10.7. The summed E-state index contributed by atoms with van der Waals surface area (Å²) in [6.07, 6.45) is 0. The van der Waals surface area contributed by atoms with E-state index in [0.29, 0.717) is 18.9 Å². The minimum absolute atomic E-state index is 0.337. The highest BCUT2D eigenvalue weighted by molar-refractivity contribution is 5.46. The maximum atomic E-state index is 12.9. The van der Waals surface area contributed by atoms with Crippen LogP contribution in [0.25, 0.3) is 0 Å². The molecule has 0 aliphatic heterocycles. The molecule has 2 N–H and O–H groups in total. The molecule has 0 saturated heterocycles. The van der Waals surface area contributed by atoms with Crippen LogP contribution in [0.2, 0.25) is 0 Å². The highest BCUT2D eigenvalue weighted by Crippen LogP contribution is 2.16. The highest BCUT2D eigenvalue weighted by atomic mass is 19.1. The van der Waals surface area contributed by atoms with E-state index in [2.05, 4.69) is 0 Å². The van der Waals surface area contributed by atoms with Crippen LogP contribution in [0.4, 0.5) is 10.1 Å². The van der Waals surface area contributed by atoms with Crippen molar-refractivity contribution in [1.82, 2.24) is 0 Å². The second-order valence-corrected chi connectivity index (χ2v) is 4.18. The van der Waals surface area contributed by atoms with Crippen molar-refractivity contribution in [3.8, 4) is 5.75 Å². The lowest BCUT2D eigenvalue weighted by molar-refractivity contribution is 0.107. The van der Waals surface area contributed by atoms with E-state index in [0.717, 1.165) is 16.9 Å². The van der Waals surface area contributed by atoms with E-state index in [-0.39, 0.29) is 5.82 Å². The SMILES string of the molecule is COc1ccc(COCc2ccc(F)cc2N)cc1. The van der Waals surface area contributed by atoms with E-state index in [4.69, 9.17) is 15.2 Å². The summed E-state index contributed by atoms with van der Waals surface area (Å²) < 4.78 is 23.5. The first kappa shape index (κ1) is 13.4. The number of hydrogen-bond donors (Lipinski definition) is 1. The third-order valence-corrected chi connectivity index (χ3v) is 2.79. The predicted octanol–water partition coefficient (Wildman–Crippen LogP) is 3.13. The van der Waals surface area contributed by atoms with E-state index in [1.807, 2.05) is 24.3 Å². The van der Waals surface area contributed by atoms with Gasteiger partial charge in [-0.2, -0.15) is 0 Å². The van der Waals surface area contributed by atoms with Gasteiger partial charge in [0.25, 0.3) is 0 Å². The molecule has 0 aliphatic rings. The van der Waals surface area contributed by atoms with Crippen LogP contribution in [0.5, 0.6) is 5.75 Å². The summed E-state index contributed by atoms with van der Waals surface area (Å²) in [5.41, 5.74) is 7.94. The van der Waals surface area contributed by atoms with Gasteiger partial charge in [0.1, 0.15) is 11.6 Å². The molecule has 2 aromatic carbocycles. The average molecular weight is 261 g/mol. The Labute approximate surface area is 111 Å². The lowest BCUT2D eigenvalue weighted by Gasteiger charge is -2.08. The molecule has 2 aromatic rings. The molecule has 2 rings (SSSR count). The number of ether oxygens (including phenoxy) is 2. The fraction of sp³-hybridized carbons (Fsp3) is 0.200. The first-order valence-electron chi connectivity index (χ1n) is 5.93. The Morgan fingerprint density at radius 1 is 1.05 bits per heavy atom. The molecule has 0 unspecified atom stereocenters. The fourth-order valence-corrected chi connectivity index (χ4v) is 1.70. The van der Waals surface area contributed by atoms with Crippen LogP contribution < -0.4 is 10.5 Å². The van der Waals surface area contributed by atoms with Gasteiger partial charge >= 0.3 is 0 Å². The van der Waals surface area contributed by atoms with Gasteiger partial charge in [0.15, 0.2) is 0 Å². The minimum Gasteiger partial charge on any atom is -0.497 e. The van der Waals surface area contributed by atoms with Gasteiger partial charge in [0.05, 0.1) is 20.3 Å². The van der Waals surface area contributed by atoms with E-state index in [1.165, 1.54) is 12.1 Å². The van der Waals surface area contributed by atoms with Crippen molar-refractivity contribution in [1.29, 1.82) is 0 Å². The Balaban J connectivity index is 1.88. The molecule has 0 saturated carbocycles. The van der Waals surface area contributed by atoms with Crippen molar-refractivity contribution in [3.05, 3.63) is 59.4 Å². The van der Waals surface area contributed by atoms with Gasteiger partial charge in [0.2, 0.25) is 0 Å². The van der Waals surface area contributed by atoms with Gasteiger partial charge in [-0.15, -0.1) is 0 Å². The Hall–Kier alpha value is -2.07. The summed E-state index contributed by atoms with van der Waals surface area (Å²) in [5, 5.41) is 0. The van der Waals surface area contributed by atoms with Crippen LogP contribution in [0.3, 0.4) is 0 Å². The van der Waals surface area contributed by atoms with Crippen molar-refractivity contribution < 1.29 is 13.9 Å². The Morgan fingerprint density at radius 2 is 1.79 bits per heavy atom. The summed E-state index contributed by atoms with van der Waals surface area (Å²) in [7, 11) is 1.63. The first-order chi connectivity index (χ1) is 9.19. The third kappa shape index (κ3) is 3.69. The van der Waals surface area contributed by atoms with Gasteiger partial charge in [-0.25, -0.2) is 4.39 Å². The van der Waals surface area contributed by atoms with Gasteiger partial charge in [0, 0.05) is 11.3 Å². The molecule has 0 amide bonds. The topological polar surface area (TPSA) is 44.5 Å². The van der Waals surface area contributed by atoms with Crippen molar-refractivity contribution in [3.63, 3.8) is 0 Å². The molecule has 0 spiro atoms. The highest BCUT2D eigenvalue weighted by Gasteiger charge is 2.01. The molecular weight excluding hydrogens is 245 g/mol. The summed E-state index contributed by atoms with van der Waals surface area (Å²) in [6, 6.07) is 11.9. The Morgan fingerprint density at radius 3 is 2.42 bits per heavy atom. The van der Waals surface area contributed by atoms with Crippen LogP contribution in [0, 0.1) is 5.82 Å². The van der Waals surface area contributed by atoms with E-state index in [9.17, 15) is 4.39 Å². The smallest absolute Gasteiger partial charge is 0.125 e. The van der Waals surface area contributed by atoms with Crippen molar-refractivity contribution in [2.75, 3.05) is 12.8 Å². The molecule has 100 valence electrons. The molecule has 19 heavy (non-hydrogen) atoms. The number of methoxy groups -OCH3 is 1. The van der Waals surface area contributed by atoms with Crippen molar-refractivity contribution in [2.24, 2.45) is 0 Å². The Kier molecular flexibility index (Phi) is 4.36. The summed E-state index contributed by atoms with van der Waals surface area (Å²) in [6.45, 7) is 0.832. The molecule has 0 heterocycles. The second kappa shape index (κ2) is 6.20. The van der Waals surface area contributed by atoms with Gasteiger partial charge in [-0.05, 0) is 29.8 Å². The molecule has 0 atom stereocenters. The second-order valence-electron chi connectivity index (χ2n) is 4.18. The predicted molar refractivity (Wildman–Crippen MR) is 72.3 cm³/mol. The number of anilines is 1. The average Bonchev–Trinajstić information content (AvgIpc) is 2.42. The standard InChI is InChI=1S/C15H16FNO2/c1-18-14-6-2-11(3-7-14)9-19-10-12-4-5-13(16)8-15(12)17/h2-8H,9-10,17H2,1H3. The molecule has 0 aromatic heterocycles. The fourth-order valence-electron chi connectivity index (χ4n) is 1.70. The maximum absolute atomic E-state index is 12.9. The summed E-state index contributed by atoms with van der Waals surface area (Å²) in [5.74, 6) is 0.475. The molecular formula is C15H16FNO2. The minimum atomic E-state index is -0.337.